The van der Waals surface area contributed by atoms with Crippen molar-refractivity contribution in [3.63, 3.8) is 0 Å². The van der Waals surface area contributed by atoms with Gasteiger partial charge in [0.1, 0.15) is 0 Å². The maximum Gasteiger partial charge on any atom is 0.241 e. The van der Waals surface area contributed by atoms with E-state index in [1.165, 1.54) is 24.8 Å². The molecule has 0 aromatic heterocycles. The molecule has 0 radical (unpaired) electrons. The van der Waals surface area contributed by atoms with Crippen molar-refractivity contribution in [2.75, 3.05) is 5.01 Å². The van der Waals surface area contributed by atoms with Gasteiger partial charge in [-0.05, 0) is 48.8 Å². The third kappa shape index (κ3) is 3.16. The van der Waals surface area contributed by atoms with Gasteiger partial charge in [-0.15, -0.1) is 0 Å². The number of amides is 1. The number of fused-ring (bicyclic) bond motifs is 2. The summed E-state index contributed by atoms with van der Waals surface area (Å²) in [5.74, 6) is 1.78. The van der Waals surface area contributed by atoms with Gasteiger partial charge >= 0.3 is 0 Å². The monoisotopic (exact) mass is 320 g/mol. The van der Waals surface area contributed by atoms with Crippen LogP contribution in [-0.2, 0) is 11.3 Å². The Morgan fingerprint density at radius 3 is 2.29 bits per heavy atom. The van der Waals surface area contributed by atoms with Crippen LogP contribution in [0.2, 0.25) is 0 Å². The van der Waals surface area contributed by atoms with Crippen LogP contribution in [-0.4, -0.2) is 5.91 Å². The molecule has 1 N–H and O–H groups in total. The molecule has 1 amide bonds. The molecule has 2 aliphatic carbocycles. The lowest BCUT2D eigenvalue weighted by Crippen LogP contribution is -2.46. The molecular weight excluding hydrogens is 296 g/mol. The minimum atomic E-state index is 0.196. The van der Waals surface area contributed by atoms with E-state index in [0.717, 1.165) is 18.0 Å². The number of benzene rings is 2. The van der Waals surface area contributed by atoms with E-state index in [1.807, 2.05) is 53.5 Å². The fraction of sp³-hybridized carbons (Fsp3) is 0.381. The topological polar surface area (TPSA) is 32.3 Å². The molecule has 2 bridgehead atoms. The molecule has 2 fully saturated rings. The SMILES string of the molecule is O=C(NN(Cc1ccccc1)c1ccccc1)[C@@H]1C[C@H]2CC[C@H]1C2. The molecule has 0 aliphatic heterocycles. The normalized spacial score (nSPS) is 24.8. The second-order valence-electron chi connectivity index (χ2n) is 7.16. The summed E-state index contributed by atoms with van der Waals surface area (Å²) >= 11 is 0. The molecule has 0 saturated heterocycles. The third-order valence-electron chi connectivity index (χ3n) is 5.57. The van der Waals surface area contributed by atoms with Crippen molar-refractivity contribution in [1.82, 2.24) is 5.43 Å². The van der Waals surface area contributed by atoms with E-state index in [0.29, 0.717) is 12.5 Å². The highest BCUT2D eigenvalue weighted by atomic mass is 16.2. The molecule has 3 heteroatoms. The van der Waals surface area contributed by atoms with Crippen LogP contribution in [0.25, 0.3) is 0 Å². The van der Waals surface area contributed by atoms with Crippen LogP contribution in [0.4, 0.5) is 5.69 Å². The fourth-order valence-electron chi connectivity index (χ4n) is 4.35. The van der Waals surface area contributed by atoms with Gasteiger partial charge < -0.3 is 0 Å². The third-order valence-corrected chi connectivity index (χ3v) is 5.57. The van der Waals surface area contributed by atoms with Crippen molar-refractivity contribution >= 4 is 11.6 Å². The number of hydrazine groups is 1. The van der Waals surface area contributed by atoms with Crippen molar-refractivity contribution in [2.24, 2.45) is 17.8 Å². The number of carbonyl (C=O) groups is 1. The van der Waals surface area contributed by atoms with Crippen LogP contribution >= 0.6 is 0 Å². The average Bonchev–Trinajstić information content (AvgIpc) is 3.26. The Kier molecular flexibility index (Phi) is 4.24. The number of nitrogens with one attached hydrogen (secondary N) is 1. The van der Waals surface area contributed by atoms with E-state index in [9.17, 15) is 4.79 Å². The van der Waals surface area contributed by atoms with Crippen LogP contribution in [0, 0.1) is 17.8 Å². The molecular formula is C21H24N2O. The standard InChI is InChI=1S/C21H24N2O/c24-21(20-14-17-11-12-18(20)13-17)22-23(19-9-5-2-6-10-19)15-16-7-3-1-4-8-16/h1-10,17-18,20H,11-15H2,(H,22,24)/t17-,18-,20+/m0/s1. The van der Waals surface area contributed by atoms with Gasteiger partial charge in [-0.25, -0.2) is 0 Å². The van der Waals surface area contributed by atoms with Gasteiger partial charge in [-0.1, -0.05) is 55.0 Å². The number of rotatable bonds is 5. The van der Waals surface area contributed by atoms with Crippen LogP contribution in [0.1, 0.15) is 31.2 Å². The number of para-hydroxylation sites is 1. The highest BCUT2D eigenvalue weighted by Crippen LogP contribution is 2.48. The summed E-state index contributed by atoms with van der Waals surface area (Å²) in [6.07, 6.45) is 4.88. The minimum Gasteiger partial charge on any atom is -0.281 e. The first kappa shape index (κ1) is 15.3. The highest BCUT2D eigenvalue weighted by molar-refractivity contribution is 5.81. The molecule has 0 spiro atoms. The molecule has 124 valence electrons. The van der Waals surface area contributed by atoms with E-state index in [-0.39, 0.29) is 11.8 Å². The summed E-state index contributed by atoms with van der Waals surface area (Å²) in [5.41, 5.74) is 5.42. The number of hydrogen-bond donors (Lipinski definition) is 1. The first-order valence-electron chi connectivity index (χ1n) is 8.96. The van der Waals surface area contributed by atoms with Gasteiger partial charge in [0, 0.05) is 5.92 Å². The van der Waals surface area contributed by atoms with E-state index < -0.39 is 0 Å². The maximum absolute atomic E-state index is 12.9. The van der Waals surface area contributed by atoms with Gasteiger partial charge in [0.25, 0.3) is 0 Å². The zero-order valence-electron chi connectivity index (χ0n) is 13.9. The predicted octanol–water partition coefficient (Wildman–Crippen LogP) is 4.16. The molecule has 2 aromatic rings. The Bertz CT molecular complexity index is 685. The lowest BCUT2D eigenvalue weighted by atomic mass is 9.88. The summed E-state index contributed by atoms with van der Waals surface area (Å²) in [6.45, 7) is 0.678. The minimum absolute atomic E-state index is 0.196. The molecule has 2 saturated carbocycles. The Morgan fingerprint density at radius 2 is 1.67 bits per heavy atom. The number of hydrogen-bond acceptors (Lipinski definition) is 2. The van der Waals surface area contributed by atoms with Crippen molar-refractivity contribution in [2.45, 2.75) is 32.2 Å². The van der Waals surface area contributed by atoms with Gasteiger partial charge in [-0.3, -0.25) is 15.2 Å². The van der Waals surface area contributed by atoms with Gasteiger partial charge in [-0.2, -0.15) is 0 Å². The Balaban J connectivity index is 1.51. The molecule has 3 atom stereocenters. The van der Waals surface area contributed by atoms with Gasteiger partial charge in [0.15, 0.2) is 0 Å². The quantitative estimate of drug-likeness (QED) is 0.839. The fourth-order valence-corrected chi connectivity index (χ4v) is 4.35. The maximum atomic E-state index is 12.9. The number of anilines is 1. The van der Waals surface area contributed by atoms with Gasteiger partial charge in [0.2, 0.25) is 5.91 Å². The number of nitrogens with zero attached hydrogens (tertiary/aromatic N) is 1. The average molecular weight is 320 g/mol. The molecule has 24 heavy (non-hydrogen) atoms. The molecule has 0 heterocycles. The van der Waals surface area contributed by atoms with Crippen LogP contribution in [0.15, 0.2) is 60.7 Å². The van der Waals surface area contributed by atoms with E-state index in [2.05, 4.69) is 17.6 Å². The van der Waals surface area contributed by atoms with E-state index in [4.69, 9.17) is 0 Å². The van der Waals surface area contributed by atoms with E-state index in [1.54, 1.807) is 0 Å². The molecule has 3 nitrogen and oxygen atoms in total. The first-order chi connectivity index (χ1) is 11.8. The molecule has 2 aliphatic rings. The zero-order chi connectivity index (χ0) is 16.4. The van der Waals surface area contributed by atoms with Crippen LogP contribution < -0.4 is 10.4 Å². The van der Waals surface area contributed by atoms with Gasteiger partial charge in [0.05, 0.1) is 12.2 Å². The summed E-state index contributed by atoms with van der Waals surface area (Å²) in [7, 11) is 0. The Morgan fingerprint density at radius 1 is 0.958 bits per heavy atom. The second-order valence-corrected chi connectivity index (χ2v) is 7.16. The zero-order valence-corrected chi connectivity index (χ0v) is 13.9. The van der Waals surface area contributed by atoms with Crippen LogP contribution in [0.3, 0.4) is 0 Å². The van der Waals surface area contributed by atoms with Crippen LogP contribution in [0.5, 0.6) is 0 Å². The lowest BCUT2D eigenvalue weighted by molar-refractivity contribution is -0.126. The number of carbonyl (C=O) groups excluding carboxylic acids is 1. The molecule has 0 unspecified atom stereocenters. The summed E-state index contributed by atoms with van der Waals surface area (Å²) in [6, 6.07) is 20.4. The second kappa shape index (κ2) is 6.68. The summed E-state index contributed by atoms with van der Waals surface area (Å²) in [5, 5.41) is 1.99. The smallest absolute Gasteiger partial charge is 0.241 e. The highest BCUT2D eigenvalue weighted by Gasteiger charge is 2.43. The van der Waals surface area contributed by atoms with Crippen molar-refractivity contribution in [3.05, 3.63) is 66.2 Å². The molecule has 4 rings (SSSR count). The predicted molar refractivity (Wildman–Crippen MR) is 96.1 cm³/mol. The molecule has 2 aromatic carbocycles. The lowest BCUT2D eigenvalue weighted by Gasteiger charge is -2.29. The summed E-state index contributed by atoms with van der Waals surface area (Å²) < 4.78 is 0. The first-order valence-corrected chi connectivity index (χ1v) is 8.96. The van der Waals surface area contributed by atoms with Crippen molar-refractivity contribution < 1.29 is 4.79 Å². The van der Waals surface area contributed by atoms with Crippen molar-refractivity contribution in [1.29, 1.82) is 0 Å². The Labute approximate surface area is 143 Å². The summed E-state index contributed by atoms with van der Waals surface area (Å²) in [4.78, 5) is 12.9. The largest absolute Gasteiger partial charge is 0.281 e. The Hall–Kier alpha value is -2.29. The van der Waals surface area contributed by atoms with E-state index >= 15 is 0 Å². The van der Waals surface area contributed by atoms with Crippen molar-refractivity contribution in [3.8, 4) is 0 Å².